The third-order valence-corrected chi connectivity index (χ3v) is 5.10. The third kappa shape index (κ3) is 3.51. The molecule has 0 aliphatic heterocycles. The minimum atomic E-state index is -0.128. The average molecular weight is 338 g/mol. The molecule has 1 aromatic carbocycles. The van der Waals surface area contributed by atoms with Crippen molar-refractivity contribution in [2.75, 3.05) is 10.6 Å². The van der Waals surface area contributed by atoms with E-state index < -0.39 is 0 Å². The zero-order valence-corrected chi connectivity index (χ0v) is 14.3. The Bertz CT molecular complexity index is 618. The quantitative estimate of drug-likeness (QED) is 0.792. The monoisotopic (exact) mass is 337 g/mol. The van der Waals surface area contributed by atoms with Crippen LogP contribution in [0.2, 0.25) is 0 Å². The summed E-state index contributed by atoms with van der Waals surface area (Å²) in [5.74, 6) is 0.744. The van der Waals surface area contributed by atoms with Crippen LogP contribution < -0.4 is 16.4 Å². The highest BCUT2D eigenvalue weighted by molar-refractivity contribution is 5.96. The van der Waals surface area contributed by atoms with Gasteiger partial charge in [0.2, 0.25) is 11.8 Å². The lowest BCUT2D eigenvalue weighted by Gasteiger charge is -2.27. The average Bonchev–Trinajstić information content (AvgIpc) is 3.02. The zero-order chi connectivity index (χ0) is 15.9. The Morgan fingerprint density at radius 3 is 2.48 bits per heavy atom. The molecule has 0 heterocycles. The van der Waals surface area contributed by atoms with Crippen LogP contribution in [0, 0.1) is 24.7 Å². The Kier molecular flexibility index (Phi) is 5.32. The number of carbonyl (C=O) groups is 2. The van der Waals surface area contributed by atoms with E-state index in [1.165, 1.54) is 6.92 Å². The molecule has 0 aromatic heterocycles. The van der Waals surface area contributed by atoms with E-state index in [-0.39, 0.29) is 36.2 Å². The molecule has 2 bridgehead atoms. The van der Waals surface area contributed by atoms with Gasteiger partial charge in [0.25, 0.3) is 0 Å². The highest BCUT2D eigenvalue weighted by atomic mass is 35.5. The first-order chi connectivity index (χ1) is 10.5. The molecule has 23 heavy (non-hydrogen) atoms. The highest BCUT2D eigenvalue weighted by Crippen LogP contribution is 2.48. The standard InChI is InChI=1S/C17H23N3O2.ClH/c1-9-3-6-13(19-10(2)21)8-14(9)20-17(22)15-11-4-5-12(7-11)16(15)18;/h3,6,8,11-12,15-16H,4-5,7,18H2,1-2H3,(H,19,21)(H,20,22);1H. The fraction of sp³-hybridized carbons (Fsp3) is 0.529. The Morgan fingerprint density at radius 1 is 1.17 bits per heavy atom. The summed E-state index contributed by atoms with van der Waals surface area (Å²) in [6.07, 6.45) is 3.36. The summed E-state index contributed by atoms with van der Waals surface area (Å²) in [4.78, 5) is 23.8. The molecule has 1 aromatic rings. The molecule has 4 N–H and O–H groups in total. The fourth-order valence-electron chi connectivity index (χ4n) is 3.98. The number of benzene rings is 1. The molecule has 0 radical (unpaired) electrons. The molecule has 2 aliphatic carbocycles. The maximum Gasteiger partial charge on any atom is 0.229 e. The number of hydrogen-bond acceptors (Lipinski definition) is 3. The van der Waals surface area contributed by atoms with Crippen molar-refractivity contribution in [3.63, 3.8) is 0 Å². The van der Waals surface area contributed by atoms with Crippen molar-refractivity contribution in [3.05, 3.63) is 23.8 Å². The minimum absolute atomic E-state index is 0. The number of nitrogens with two attached hydrogens (primary N) is 1. The number of anilines is 2. The van der Waals surface area contributed by atoms with Crippen LogP contribution in [-0.2, 0) is 9.59 Å². The van der Waals surface area contributed by atoms with Crippen molar-refractivity contribution in [3.8, 4) is 0 Å². The number of nitrogens with one attached hydrogen (secondary N) is 2. The van der Waals surface area contributed by atoms with Crippen LogP contribution in [0.25, 0.3) is 0 Å². The SMILES string of the molecule is CC(=O)Nc1ccc(C)c(NC(=O)C2C3CCC(C3)C2N)c1.Cl. The first-order valence-corrected chi connectivity index (χ1v) is 7.90. The van der Waals surface area contributed by atoms with Gasteiger partial charge in [0.15, 0.2) is 0 Å². The van der Waals surface area contributed by atoms with Gasteiger partial charge < -0.3 is 16.4 Å². The van der Waals surface area contributed by atoms with Crippen molar-refractivity contribution in [1.29, 1.82) is 0 Å². The lowest BCUT2D eigenvalue weighted by Crippen LogP contribution is -2.42. The normalized spacial score (nSPS) is 28.1. The van der Waals surface area contributed by atoms with Gasteiger partial charge in [-0.1, -0.05) is 6.07 Å². The third-order valence-electron chi connectivity index (χ3n) is 5.10. The topological polar surface area (TPSA) is 84.2 Å². The van der Waals surface area contributed by atoms with Crippen LogP contribution in [0.1, 0.15) is 31.7 Å². The van der Waals surface area contributed by atoms with E-state index in [1.54, 1.807) is 6.07 Å². The van der Waals surface area contributed by atoms with Crippen LogP contribution in [0.5, 0.6) is 0 Å². The molecule has 4 atom stereocenters. The van der Waals surface area contributed by atoms with Gasteiger partial charge in [-0.25, -0.2) is 0 Å². The molecule has 4 unspecified atom stereocenters. The predicted molar refractivity (Wildman–Crippen MR) is 93.7 cm³/mol. The van der Waals surface area contributed by atoms with Crippen molar-refractivity contribution in [2.45, 2.75) is 39.2 Å². The van der Waals surface area contributed by atoms with Crippen LogP contribution >= 0.6 is 12.4 Å². The molecule has 6 heteroatoms. The highest BCUT2D eigenvalue weighted by Gasteiger charge is 2.49. The first kappa shape index (κ1) is 17.8. The van der Waals surface area contributed by atoms with Gasteiger partial charge >= 0.3 is 0 Å². The van der Waals surface area contributed by atoms with Gasteiger partial charge in [-0.2, -0.15) is 0 Å². The Morgan fingerprint density at radius 2 is 1.87 bits per heavy atom. The molecule has 2 saturated carbocycles. The van der Waals surface area contributed by atoms with E-state index in [1.807, 2.05) is 19.1 Å². The van der Waals surface area contributed by atoms with E-state index in [9.17, 15) is 9.59 Å². The smallest absolute Gasteiger partial charge is 0.229 e. The number of hydrogen-bond donors (Lipinski definition) is 3. The largest absolute Gasteiger partial charge is 0.327 e. The molecule has 3 rings (SSSR count). The van der Waals surface area contributed by atoms with Gasteiger partial charge in [0.05, 0.1) is 5.92 Å². The molecule has 2 fully saturated rings. The first-order valence-electron chi connectivity index (χ1n) is 7.90. The second kappa shape index (κ2) is 6.89. The Hall–Kier alpha value is -1.59. The summed E-state index contributed by atoms with van der Waals surface area (Å²) >= 11 is 0. The Labute approximate surface area is 142 Å². The summed E-state index contributed by atoms with van der Waals surface area (Å²) in [5, 5.41) is 5.75. The number of aryl methyl sites for hydroxylation is 1. The second-order valence-corrected chi connectivity index (χ2v) is 6.64. The molecular formula is C17H24ClN3O2. The molecule has 5 nitrogen and oxygen atoms in total. The van der Waals surface area contributed by atoms with E-state index in [0.717, 1.165) is 30.5 Å². The van der Waals surface area contributed by atoms with E-state index in [2.05, 4.69) is 10.6 Å². The van der Waals surface area contributed by atoms with E-state index in [4.69, 9.17) is 5.73 Å². The molecule has 126 valence electrons. The van der Waals surface area contributed by atoms with Gasteiger partial charge in [0.1, 0.15) is 0 Å². The molecule has 2 aliphatic rings. The molecular weight excluding hydrogens is 314 g/mol. The van der Waals surface area contributed by atoms with Crippen molar-refractivity contribution >= 4 is 35.6 Å². The Balaban J connectivity index is 0.00000192. The van der Waals surface area contributed by atoms with E-state index in [0.29, 0.717) is 17.5 Å². The van der Waals surface area contributed by atoms with Crippen molar-refractivity contribution in [1.82, 2.24) is 0 Å². The van der Waals surface area contributed by atoms with Gasteiger partial charge in [-0.15, -0.1) is 12.4 Å². The number of carbonyl (C=O) groups excluding carboxylic acids is 2. The summed E-state index contributed by atoms with van der Waals surface area (Å²) in [7, 11) is 0. The number of rotatable bonds is 3. The fourth-order valence-corrected chi connectivity index (χ4v) is 3.98. The summed E-state index contributed by atoms with van der Waals surface area (Å²) < 4.78 is 0. The van der Waals surface area contributed by atoms with Gasteiger partial charge in [-0.05, 0) is 55.7 Å². The van der Waals surface area contributed by atoms with Crippen LogP contribution in [0.4, 0.5) is 11.4 Å². The number of halogens is 1. The van der Waals surface area contributed by atoms with Crippen molar-refractivity contribution in [2.24, 2.45) is 23.5 Å². The summed E-state index contributed by atoms with van der Waals surface area (Å²) in [5.41, 5.74) is 8.63. The maximum absolute atomic E-state index is 12.6. The zero-order valence-electron chi connectivity index (χ0n) is 13.5. The van der Waals surface area contributed by atoms with Crippen LogP contribution in [0.3, 0.4) is 0 Å². The minimum Gasteiger partial charge on any atom is -0.327 e. The lowest BCUT2D eigenvalue weighted by atomic mass is 9.84. The summed E-state index contributed by atoms with van der Waals surface area (Å²) in [6.45, 7) is 3.40. The van der Waals surface area contributed by atoms with Crippen LogP contribution in [0.15, 0.2) is 18.2 Å². The van der Waals surface area contributed by atoms with Gasteiger partial charge in [0, 0.05) is 24.3 Å². The van der Waals surface area contributed by atoms with Crippen molar-refractivity contribution < 1.29 is 9.59 Å². The van der Waals surface area contributed by atoms with Gasteiger partial charge in [-0.3, -0.25) is 9.59 Å². The molecule has 0 spiro atoms. The predicted octanol–water partition coefficient (Wildman–Crippen LogP) is 2.69. The second-order valence-electron chi connectivity index (χ2n) is 6.64. The lowest BCUT2D eigenvalue weighted by molar-refractivity contribution is -0.121. The molecule has 0 saturated heterocycles. The van der Waals surface area contributed by atoms with E-state index >= 15 is 0 Å². The van der Waals surface area contributed by atoms with Crippen LogP contribution in [-0.4, -0.2) is 17.9 Å². The number of amides is 2. The molecule has 2 amide bonds. The summed E-state index contributed by atoms with van der Waals surface area (Å²) in [6, 6.07) is 5.50. The number of fused-ring (bicyclic) bond motifs is 2. The maximum atomic E-state index is 12.6.